The number of likely N-dealkylation sites (N-methyl/N-ethyl adjacent to an activating group) is 1. The zero-order chi connectivity index (χ0) is 41.3. The van der Waals surface area contributed by atoms with Gasteiger partial charge in [0, 0.05) is 72.6 Å². The predicted molar refractivity (Wildman–Crippen MR) is 214 cm³/mol. The lowest BCUT2D eigenvalue weighted by Crippen LogP contribution is -2.59. The number of benzene rings is 1. The molecule has 0 aliphatic carbocycles. The molecule has 4 aliphatic heterocycles. The number of aliphatic imine (C=N–C) groups is 1. The van der Waals surface area contributed by atoms with E-state index in [1.165, 1.54) is 0 Å². The van der Waals surface area contributed by atoms with Crippen molar-refractivity contribution in [1.82, 2.24) is 14.8 Å². The van der Waals surface area contributed by atoms with Crippen molar-refractivity contribution in [1.29, 1.82) is 0 Å². The second-order valence-corrected chi connectivity index (χ2v) is 16.8. The summed E-state index contributed by atoms with van der Waals surface area (Å²) in [5.41, 5.74) is 1.06. The van der Waals surface area contributed by atoms with Crippen LogP contribution in [0, 0.1) is 41.4 Å². The van der Waals surface area contributed by atoms with Crippen molar-refractivity contribution in [3.8, 4) is 11.8 Å². The second-order valence-electron chi connectivity index (χ2n) is 16.8. The number of hydrogen-bond acceptors (Lipinski definition) is 12. The fraction of sp³-hybridized carbons (Fsp3) is 0.659. The van der Waals surface area contributed by atoms with Crippen LogP contribution in [0.3, 0.4) is 0 Å². The molecule has 0 radical (unpaired) electrons. The number of aromatic nitrogens is 1. The largest absolute Gasteiger partial charge is 0.457 e. The highest BCUT2D eigenvalue weighted by atomic mass is 16.7. The van der Waals surface area contributed by atoms with Crippen molar-refractivity contribution in [3.05, 3.63) is 42.1 Å². The molecular weight excluding hydrogens is 729 g/mol. The van der Waals surface area contributed by atoms with Gasteiger partial charge in [-0.3, -0.25) is 24.5 Å². The van der Waals surface area contributed by atoms with Gasteiger partial charge in [0.2, 0.25) is 0 Å². The van der Waals surface area contributed by atoms with Gasteiger partial charge >= 0.3 is 12.1 Å². The van der Waals surface area contributed by atoms with Crippen molar-refractivity contribution in [2.75, 3.05) is 34.3 Å². The van der Waals surface area contributed by atoms with Crippen molar-refractivity contribution in [2.45, 2.75) is 122 Å². The van der Waals surface area contributed by atoms with Crippen LogP contribution in [0.15, 0.2) is 41.5 Å². The maximum Gasteiger partial charge on any atom is 0.410 e. The number of esters is 1. The third-order valence-electron chi connectivity index (χ3n) is 12.8. The molecule has 6 rings (SSSR count). The van der Waals surface area contributed by atoms with Crippen LogP contribution >= 0.6 is 0 Å². The number of hydrogen-bond donors (Lipinski definition) is 1. The third kappa shape index (κ3) is 8.35. The first-order chi connectivity index (χ1) is 27.1. The van der Waals surface area contributed by atoms with Crippen LogP contribution in [0.5, 0.6) is 0 Å². The van der Waals surface area contributed by atoms with Crippen LogP contribution in [0.4, 0.5) is 4.79 Å². The first-order valence-electron chi connectivity index (χ1n) is 20.4. The van der Waals surface area contributed by atoms with Gasteiger partial charge in [0.1, 0.15) is 18.1 Å². The minimum atomic E-state index is -1.32. The molecule has 0 spiro atoms. The summed E-state index contributed by atoms with van der Waals surface area (Å²) in [5.74, 6) is 1.72. The monoisotopic (exact) mass is 788 g/mol. The van der Waals surface area contributed by atoms with Gasteiger partial charge in [-0.1, -0.05) is 64.7 Å². The average molecular weight is 789 g/mol. The molecule has 310 valence electrons. The second kappa shape index (κ2) is 17.5. The molecule has 1 N–H and O–H groups in total. The van der Waals surface area contributed by atoms with Crippen LogP contribution in [0.25, 0.3) is 10.9 Å². The minimum absolute atomic E-state index is 0.141. The normalized spacial score (nSPS) is 37.8. The lowest BCUT2D eigenvalue weighted by atomic mass is 9.73. The molecule has 1 aromatic carbocycles. The molecule has 4 aliphatic rings. The van der Waals surface area contributed by atoms with Crippen LogP contribution < -0.4 is 0 Å². The summed E-state index contributed by atoms with van der Waals surface area (Å²) in [7, 11) is 5.44. The van der Waals surface area contributed by atoms with Gasteiger partial charge in [0.15, 0.2) is 17.7 Å². The SMILES string of the molecule is CC[C@H]1OC(=O)C(CC#Cc2cnc3ccccc3c2)C(=O)[C@H](C)[C@@H](O[C@@H]2O[C@H](C)C[C@H](N(C)C)[C@H]2O)[C@@H](C)[C@@H](OC)[C@@H](C)C2=NCCN3C(=O)O[C@@]1(C)C3[C@H]2C. The number of carbonyl (C=O) groups is 3. The van der Waals surface area contributed by atoms with Gasteiger partial charge in [-0.05, 0) is 52.9 Å². The van der Waals surface area contributed by atoms with Gasteiger partial charge in [0.05, 0.1) is 36.4 Å². The Morgan fingerprint density at radius 2 is 1.79 bits per heavy atom. The lowest BCUT2D eigenvalue weighted by molar-refractivity contribution is -0.281. The number of ether oxygens (including phenoxy) is 5. The quantitative estimate of drug-likeness (QED) is 0.242. The third-order valence-corrected chi connectivity index (χ3v) is 12.8. The number of methoxy groups -OCH3 is 1. The number of aliphatic hydroxyl groups is 1. The maximum atomic E-state index is 15.0. The molecule has 5 heterocycles. The molecule has 57 heavy (non-hydrogen) atoms. The van der Waals surface area contributed by atoms with E-state index in [1.54, 1.807) is 25.1 Å². The molecule has 3 saturated heterocycles. The van der Waals surface area contributed by atoms with Crippen LogP contribution in [-0.2, 0) is 33.3 Å². The van der Waals surface area contributed by atoms with Crippen molar-refractivity contribution in [3.63, 3.8) is 0 Å². The molecular formula is C44H60N4O9. The minimum Gasteiger partial charge on any atom is -0.457 e. The topological polar surface area (TPSA) is 149 Å². The van der Waals surface area contributed by atoms with E-state index >= 15 is 0 Å². The van der Waals surface area contributed by atoms with E-state index in [1.807, 2.05) is 90.9 Å². The number of ketones is 1. The van der Waals surface area contributed by atoms with Crippen molar-refractivity contribution >= 4 is 34.5 Å². The first kappa shape index (κ1) is 42.7. The summed E-state index contributed by atoms with van der Waals surface area (Å²) < 4.78 is 31.8. The number of carbonyl (C=O) groups excluding carboxylic acids is 3. The summed E-state index contributed by atoms with van der Waals surface area (Å²) in [6.45, 7) is 14.1. The predicted octanol–water partition coefficient (Wildman–Crippen LogP) is 4.90. The van der Waals surface area contributed by atoms with Gasteiger partial charge in [0.25, 0.3) is 0 Å². The molecule has 2 aromatic rings. The first-order valence-corrected chi connectivity index (χ1v) is 20.4. The lowest BCUT2D eigenvalue weighted by Gasteiger charge is -2.45. The van der Waals surface area contributed by atoms with Gasteiger partial charge < -0.3 is 33.7 Å². The van der Waals surface area contributed by atoms with E-state index < -0.39 is 77.9 Å². The summed E-state index contributed by atoms with van der Waals surface area (Å²) in [6.07, 6.45) is -2.64. The molecule has 14 atom stereocenters. The zero-order valence-corrected chi connectivity index (χ0v) is 35.0. The number of para-hydroxylation sites is 1. The molecule has 3 fully saturated rings. The van der Waals surface area contributed by atoms with E-state index in [9.17, 15) is 19.5 Å². The highest BCUT2D eigenvalue weighted by Crippen LogP contribution is 2.43. The number of aliphatic hydroxyl groups excluding tert-OH is 1. The van der Waals surface area contributed by atoms with Crippen molar-refractivity contribution < 1.29 is 43.2 Å². The van der Waals surface area contributed by atoms with Crippen LogP contribution in [0.2, 0.25) is 0 Å². The molecule has 1 aromatic heterocycles. The van der Waals surface area contributed by atoms with E-state index in [0.29, 0.717) is 31.5 Å². The summed E-state index contributed by atoms with van der Waals surface area (Å²) in [5, 5.41) is 12.5. The standard InChI is InChI=1S/C44H60N4O9/c1-11-34-44(7)40-26(4)35(45-19-20-48(40)43(52)57-44)25(3)38(53-10)28(6)39(56-42-37(50)33(47(8)9)21-24(2)54-42)27(5)36(49)31(41(51)55-34)17-14-15-29-22-30-16-12-13-18-32(30)46-23-29/h12-13,16,18,22-28,31,33-34,37-40,42,50H,11,17,19-21H2,1-10H3/t24-,25+,26+,27+,28+,31?,33+,34-,37-,38+,39-,40?,42+,44-/m1/s1. The van der Waals surface area contributed by atoms with Crippen molar-refractivity contribution in [2.24, 2.45) is 34.6 Å². The van der Waals surface area contributed by atoms with Gasteiger partial charge in [-0.15, -0.1) is 0 Å². The number of nitrogens with zero attached hydrogens (tertiary/aromatic N) is 4. The Morgan fingerprint density at radius 3 is 2.49 bits per heavy atom. The molecule has 0 saturated carbocycles. The highest BCUT2D eigenvalue weighted by molar-refractivity contribution is 6.01. The molecule has 2 unspecified atom stereocenters. The number of fused-ring (bicyclic) bond motifs is 2. The molecule has 2 bridgehead atoms. The Labute approximate surface area is 336 Å². The number of pyridine rings is 1. The Kier molecular flexibility index (Phi) is 13.1. The molecule has 1 amide bonds. The highest BCUT2D eigenvalue weighted by Gasteiger charge is 2.60. The number of rotatable bonds is 6. The average Bonchev–Trinajstić information content (AvgIpc) is 3.31. The summed E-state index contributed by atoms with van der Waals surface area (Å²) >= 11 is 0. The smallest absolute Gasteiger partial charge is 0.410 e. The number of Topliss-reactive ketones (excluding diaryl/α,β-unsaturated/α-hetero) is 1. The van der Waals surface area contributed by atoms with Gasteiger partial charge in [-0.25, -0.2) is 4.79 Å². The van der Waals surface area contributed by atoms with Crippen LogP contribution in [-0.4, -0.2) is 132 Å². The van der Waals surface area contributed by atoms with Gasteiger partial charge in [-0.2, -0.15) is 0 Å². The van der Waals surface area contributed by atoms with E-state index in [-0.39, 0.29) is 30.4 Å². The van der Waals surface area contributed by atoms with Crippen LogP contribution in [0.1, 0.15) is 73.3 Å². The fourth-order valence-electron chi connectivity index (χ4n) is 9.87. The van der Waals surface area contributed by atoms with E-state index in [0.717, 1.165) is 16.6 Å². The summed E-state index contributed by atoms with van der Waals surface area (Å²) in [6, 6.07) is 8.86. The number of amides is 1. The number of cyclic esters (lactones) is 1. The fourth-order valence-corrected chi connectivity index (χ4v) is 9.87. The Balaban J connectivity index is 1.44. The Hall–Kier alpha value is -3.93. The van der Waals surface area contributed by atoms with E-state index in [2.05, 4.69) is 16.8 Å². The Morgan fingerprint density at radius 1 is 1.05 bits per heavy atom. The summed E-state index contributed by atoms with van der Waals surface area (Å²) in [4.78, 5) is 56.3. The van der Waals surface area contributed by atoms with E-state index in [4.69, 9.17) is 28.7 Å². The Bertz CT molecular complexity index is 1890. The molecule has 13 nitrogen and oxygen atoms in total. The zero-order valence-electron chi connectivity index (χ0n) is 35.0. The molecule has 13 heteroatoms. The maximum absolute atomic E-state index is 15.0.